The van der Waals surface area contributed by atoms with Crippen LogP contribution in [0, 0.1) is 5.82 Å². The first kappa shape index (κ1) is 30.9. The Hall–Kier alpha value is -3.05. The maximum Gasteiger partial charge on any atom is 0.416 e. The van der Waals surface area contributed by atoms with Crippen LogP contribution in [0.25, 0.3) is 0 Å². The molecule has 0 saturated carbocycles. The van der Waals surface area contributed by atoms with Crippen molar-refractivity contribution in [1.82, 2.24) is 19.2 Å². The average Bonchev–Trinajstić information content (AvgIpc) is 2.90. The van der Waals surface area contributed by atoms with Crippen LogP contribution in [0.2, 0.25) is 5.02 Å². The number of benzene rings is 2. The molecule has 41 heavy (non-hydrogen) atoms. The van der Waals surface area contributed by atoms with Crippen LogP contribution in [0.4, 0.5) is 29.1 Å². The molecule has 0 aliphatic carbocycles. The van der Waals surface area contributed by atoms with E-state index in [1.54, 1.807) is 19.0 Å². The molecule has 10 nitrogen and oxygen atoms in total. The Kier molecular flexibility index (Phi) is 8.80. The zero-order valence-corrected chi connectivity index (χ0v) is 24.0. The molecule has 0 radical (unpaired) electrons. The lowest BCUT2D eigenvalue weighted by atomic mass is 9.99. The Morgan fingerprint density at radius 2 is 1.83 bits per heavy atom. The molecular weight excluding hydrogens is 612 g/mol. The van der Waals surface area contributed by atoms with Gasteiger partial charge in [-0.05, 0) is 56.9 Å². The van der Waals surface area contributed by atoms with Crippen molar-refractivity contribution in [2.24, 2.45) is 0 Å². The largest absolute Gasteiger partial charge is 0.416 e. The van der Waals surface area contributed by atoms with Crippen molar-refractivity contribution in [2.45, 2.75) is 34.5 Å². The first-order valence-electron chi connectivity index (χ1n) is 12.0. The number of rotatable bonds is 8. The molecule has 2 heterocycles. The number of hydrogen-bond acceptors (Lipinski definition) is 8. The minimum absolute atomic E-state index is 0.0456. The van der Waals surface area contributed by atoms with Gasteiger partial charge < -0.3 is 10.2 Å². The second-order valence-electron chi connectivity index (χ2n) is 9.42. The van der Waals surface area contributed by atoms with Crippen LogP contribution < -0.4 is 10.0 Å². The van der Waals surface area contributed by atoms with Gasteiger partial charge in [-0.3, -0.25) is 4.72 Å². The SMILES string of the molecule is CN(C)[C@H]1CN(S(=O)(=O)c2cccc(C(F)(F)F)c2)CC[C@@H]1Nc1cc(F)c(S(=O)(=O)Nc2ccncn2)cc1Cl. The Labute approximate surface area is 239 Å². The summed E-state index contributed by atoms with van der Waals surface area (Å²) in [5, 5.41) is 2.97. The van der Waals surface area contributed by atoms with Gasteiger partial charge in [-0.15, -0.1) is 0 Å². The maximum absolute atomic E-state index is 15.0. The van der Waals surface area contributed by atoms with Crippen molar-refractivity contribution in [3.8, 4) is 0 Å². The lowest BCUT2D eigenvalue weighted by Crippen LogP contribution is -2.56. The lowest BCUT2D eigenvalue weighted by Gasteiger charge is -2.41. The van der Waals surface area contributed by atoms with Gasteiger partial charge in [0.1, 0.15) is 22.9 Å². The Morgan fingerprint density at radius 3 is 2.46 bits per heavy atom. The number of likely N-dealkylation sites (N-methyl/N-ethyl adjacent to an activating group) is 1. The molecule has 0 amide bonds. The van der Waals surface area contributed by atoms with Crippen LogP contribution in [0.5, 0.6) is 0 Å². The quantitative estimate of drug-likeness (QED) is 0.357. The van der Waals surface area contributed by atoms with Gasteiger partial charge in [-0.25, -0.2) is 31.2 Å². The molecule has 1 fully saturated rings. The summed E-state index contributed by atoms with van der Waals surface area (Å²) in [5.41, 5.74) is -0.996. The third-order valence-electron chi connectivity index (χ3n) is 6.48. The highest BCUT2D eigenvalue weighted by Crippen LogP contribution is 2.34. The standard InChI is InChI=1S/C24H25ClF4N6O4S2/c1-34(2)21-13-35(41(38,39)16-5-3-4-15(10-16)24(27,28)29)9-7-19(21)32-20-12-18(26)22(11-17(20)25)40(36,37)33-23-6-8-30-14-31-23/h3-6,8,10-12,14,19,21,32H,7,9,13H2,1-2H3,(H,30,31,33)/t19-,21-/m0/s1. The minimum Gasteiger partial charge on any atom is -0.379 e. The molecule has 4 rings (SSSR count). The molecular formula is C24H25ClF4N6O4S2. The van der Waals surface area contributed by atoms with Crippen molar-refractivity contribution in [1.29, 1.82) is 0 Å². The van der Waals surface area contributed by atoms with E-state index in [1.807, 2.05) is 0 Å². The van der Waals surface area contributed by atoms with E-state index < -0.39 is 59.5 Å². The highest BCUT2D eigenvalue weighted by molar-refractivity contribution is 7.92. The van der Waals surface area contributed by atoms with Crippen molar-refractivity contribution in [3.63, 3.8) is 0 Å². The summed E-state index contributed by atoms with van der Waals surface area (Å²) < 4.78 is 110. The molecule has 2 aromatic carbocycles. The number of anilines is 2. The van der Waals surface area contributed by atoms with Crippen LogP contribution in [0.3, 0.4) is 0 Å². The third kappa shape index (κ3) is 6.89. The average molecular weight is 637 g/mol. The summed E-state index contributed by atoms with van der Waals surface area (Å²) in [6, 6.07) is 5.71. The van der Waals surface area contributed by atoms with Gasteiger partial charge in [0.2, 0.25) is 10.0 Å². The van der Waals surface area contributed by atoms with Crippen molar-refractivity contribution in [3.05, 3.63) is 71.4 Å². The Balaban J connectivity index is 1.54. The van der Waals surface area contributed by atoms with Gasteiger partial charge in [0.15, 0.2) is 0 Å². The molecule has 0 unspecified atom stereocenters. The van der Waals surface area contributed by atoms with E-state index in [-0.39, 0.29) is 36.0 Å². The van der Waals surface area contributed by atoms with Gasteiger partial charge in [-0.1, -0.05) is 17.7 Å². The van der Waals surface area contributed by atoms with Crippen molar-refractivity contribution >= 4 is 43.2 Å². The van der Waals surface area contributed by atoms with Crippen LogP contribution >= 0.6 is 11.6 Å². The van der Waals surface area contributed by atoms with Crippen molar-refractivity contribution < 1.29 is 34.4 Å². The van der Waals surface area contributed by atoms with Gasteiger partial charge in [0.25, 0.3) is 10.0 Å². The maximum atomic E-state index is 15.0. The van der Waals surface area contributed by atoms with Crippen LogP contribution in [-0.4, -0.2) is 75.3 Å². The third-order valence-corrected chi connectivity index (χ3v) is 10.0. The summed E-state index contributed by atoms with van der Waals surface area (Å²) >= 11 is 6.33. The van der Waals surface area contributed by atoms with Gasteiger partial charge in [-0.2, -0.15) is 17.5 Å². The lowest BCUT2D eigenvalue weighted by molar-refractivity contribution is -0.137. The number of sulfonamides is 2. The topological polar surface area (TPSA) is 125 Å². The molecule has 1 aliphatic heterocycles. The first-order valence-corrected chi connectivity index (χ1v) is 15.3. The molecule has 0 spiro atoms. The fraction of sp³-hybridized carbons (Fsp3) is 0.333. The molecule has 2 atom stereocenters. The van der Waals surface area contributed by atoms with E-state index in [2.05, 4.69) is 20.0 Å². The Morgan fingerprint density at radius 1 is 1.10 bits per heavy atom. The van der Waals surface area contributed by atoms with E-state index in [0.717, 1.165) is 41.0 Å². The van der Waals surface area contributed by atoms with Crippen LogP contribution in [0.1, 0.15) is 12.0 Å². The van der Waals surface area contributed by atoms with Gasteiger partial charge in [0.05, 0.1) is 21.2 Å². The summed E-state index contributed by atoms with van der Waals surface area (Å²) in [6.07, 6.45) is -2.09. The fourth-order valence-corrected chi connectivity index (χ4v) is 7.28. The van der Waals surface area contributed by atoms with Gasteiger partial charge in [0, 0.05) is 31.4 Å². The van der Waals surface area contributed by atoms with Crippen LogP contribution in [0.15, 0.2) is 64.8 Å². The van der Waals surface area contributed by atoms with E-state index in [1.165, 1.54) is 12.3 Å². The number of halogens is 5. The Bertz CT molecular complexity index is 1630. The molecule has 222 valence electrons. The normalized spacial score (nSPS) is 18.8. The highest BCUT2D eigenvalue weighted by atomic mass is 35.5. The molecule has 1 aliphatic rings. The predicted octanol–water partition coefficient (Wildman–Crippen LogP) is 3.89. The van der Waals surface area contributed by atoms with E-state index >= 15 is 4.39 Å². The minimum atomic E-state index is -4.70. The van der Waals surface area contributed by atoms with E-state index in [4.69, 9.17) is 11.6 Å². The molecule has 1 aromatic heterocycles. The van der Waals surface area contributed by atoms with E-state index in [0.29, 0.717) is 6.07 Å². The number of hydrogen-bond donors (Lipinski definition) is 2. The predicted molar refractivity (Wildman–Crippen MR) is 144 cm³/mol. The molecule has 1 saturated heterocycles. The summed E-state index contributed by atoms with van der Waals surface area (Å²) in [4.78, 5) is 7.96. The molecule has 3 aromatic rings. The van der Waals surface area contributed by atoms with Crippen LogP contribution in [-0.2, 0) is 26.2 Å². The fourth-order valence-electron chi connectivity index (χ4n) is 4.38. The zero-order valence-electron chi connectivity index (χ0n) is 21.6. The monoisotopic (exact) mass is 636 g/mol. The molecule has 2 N–H and O–H groups in total. The highest BCUT2D eigenvalue weighted by Gasteiger charge is 2.38. The van der Waals surface area contributed by atoms with Gasteiger partial charge >= 0.3 is 6.18 Å². The van der Waals surface area contributed by atoms with Crippen molar-refractivity contribution in [2.75, 3.05) is 37.2 Å². The summed E-state index contributed by atoms with van der Waals surface area (Å²) in [6.45, 7) is -0.130. The number of alkyl halides is 3. The number of piperidine rings is 1. The summed E-state index contributed by atoms with van der Waals surface area (Å²) in [7, 11) is -5.26. The zero-order chi connectivity index (χ0) is 30.2. The second-order valence-corrected chi connectivity index (χ2v) is 13.4. The number of nitrogens with one attached hydrogen (secondary N) is 2. The molecule has 17 heteroatoms. The summed E-state index contributed by atoms with van der Waals surface area (Å²) in [5.74, 6) is -1.16. The second kappa shape index (κ2) is 11.7. The number of aromatic nitrogens is 2. The smallest absolute Gasteiger partial charge is 0.379 e. The first-order chi connectivity index (χ1) is 19.1. The number of nitrogens with zero attached hydrogens (tertiary/aromatic N) is 4. The molecule has 0 bridgehead atoms. The van der Waals surface area contributed by atoms with E-state index in [9.17, 15) is 30.0 Å².